The van der Waals surface area contributed by atoms with Gasteiger partial charge in [-0.2, -0.15) is 0 Å². The van der Waals surface area contributed by atoms with Gasteiger partial charge in [0.1, 0.15) is 0 Å². The molecular formula is C15H21NO. The fourth-order valence-corrected chi connectivity index (χ4v) is 1.76. The van der Waals surface area contributed by atoms with Crippen LogP contribution >= 0.6 is 0 Å². The van der Waals surface area contributed by atoms with Gasteiger partial charge >= 0.3 is 0 Å². The molecule has 0 aliphatic rings. The third-order valence-corrected chi connectivity index (χ3v) is 2.85. The number of hydrogen-bond donors (Lipinski definition) is 0. The van der Waals surface area contributed by atoms with Crippen molar-refractivity contribution in [2.45, 2.75) is 33.7 Å². The molecule has 0 saturated heterocycles. The predicted molar refractivity (Wildman–Crippen MR) is 72.6 cm³/mol. The molecule has 0 radical (unpaired) electrons. The number of carbonyl (C=O) groups excluding carboxylic acids is 1. The van der Waals surface area contributed by atoms with E-state index in [-0.39, 0.29) is 11.9 Å². The number of amides is 1. The van der Waals surface area contributed by atoms with Gasteiger partial charge in [0, 0.05) is 19.5 Å². The first-order valence-electron chi connectivity index (χ1n) is 6.01. The van der Waals surface area contributed by atoms with E-state index >= 15 is 0 Å². The van der Waals surface area contributed by atoms with E-state index < -0.39 is 0 Å². The summed E-state index contributed by atoms with van der Waals surface area (Å²) in [5.41, 5.74) is 2.41. The molecule has 0 bridgehead atoms. The summed E-state index contributed by atoms with van der Waals surface area (Å²) in [6, 6.07) is 10.5. The highest BCUT2D eigenvalue weighted by Crippen LogP contribution is 2.13. The SMILES string of the molecule is CC(=O)N(C/C=C(\C)c1ccccc1)C(C)C. The van der Waals surface area contributed by atoms with E-state index in [4.69, 9.17) is 0 Å². The van der Waals surface area contributed by atoms with Gasteiger partial charge in [0.25, 0.3) is 0 Å². The van der Waals surface area contributed by atoms with E-state index in [9.17, 15) is 4.79 Å². The molecular weight excluding hydrogens is 210 g/mol. The van der Waals surface area contributed by atoms with Crippen molar-refractivity contribution in [1.29, 1.82) is 0 Å². The topological polar surface area (TPSA) is 20.3 Å². The van der Waals surface area contributed by atoms with Crippen LogP contribution in [0.2, 0.25) is 0 Å². The molecule has 0 aromatic heterocycles. The molecule has 0 unspecified atom stereocenters. The van der Waals surface area contributed by atoms with Crippen molar-refractivity contribution < 1.29 is 4.79 Å². The fraction of sp³-hybridized carbons (Fsp3) is 0.400. The molecule has 0 heterocycles. The van der Waals surface area contributed by atoms with Gasteiger partial charge in [-0.05, 0) is 31.9 Å². The van der Waals surface area contributed by atoms with Crippen LogP contribution in [0.4, 0.5) is 0 Å². The van der Waals surface area contributed by atoms with Gasteiger partial charge < -0.3 is 4.90 Å². The number of rotatable bonds is 4. The Hall–Kier alpha value is -1.57. The van der Waals surface area contributed by atoms with Crippen LogP contribution in [0.3, 0.4) is 0 Å². The molecule has 0 aliphatic carbocycles. The second kappa shape index (κ2) is 6.24. The van der Waals surface area contributed by atoms with E-state index in [1.165, 1.54) is 11.1 Å². The molecule has 0 N–H and O–H groups in total. The van der Waals surface area contributed by atoms with Crippen molar-refractivity contribution in [2.75, 3.05) is 6.54 Å². The molecule has 0 fully saturated rings. The zero-order valence-electron chi connectivity index (χ0n) is 11.1. The van der Waals surface area contributed by atoms with E-state index in [2.05, 4.69) is 25.1 Å². The molecule has 92 valence electrons. The number of carbonyl (C=O) groups is 1. The molecule has 1 aromatic carbocycles. The number of nitrogens with zero attached hydrogens (tertiary/aromatic N) is 1. The molecule has 2 nitrogen and oxygen atoms in total. The Morgan fingerprint density at radius 2 is 1.82 bits per heavy atom. The number of allylic oxidation sites excluding steroid dienone is 1. The van der Waals surface area contributed by atoms with Gasteiger partial charge in [-0.15, -0.1) is 0 Å². The van der Waals surface area contributed by atoms with Gasteiger partial charge in [0.05, 0.1) is 0 Å². The lowest BCUT2D eigenvalue weighted by Gasteiger charge is -2.24. The highest BCUT2D eigenvalue weighted by Gasteiger charge is 2.10. The van der Waals surface area contributed by atoms with Gasteiger partial charge in [0.2, 0.25) is 5.91 Å². The van der Waals surface area contributed by atoms with Crippen LogP contribution in [-0.2, 0) is 4.79 Å². The first-order valence-corrected chi connectivity index (χ1v) is 6.01. The summed E-state index contributed by atoms with van der Waals surface area (Å²) in [6.07, 6.45) is 2.11. The highest BCUT2D eigenvalue weighted by atomic mass is 16.2. The summed E-state index contributed by atoms with van der Waals surface area (Å²) >= 11 is 0. The van der Waals surface area contributed by atoms with Crippen molar-refractivity contribution >= 4 is 11.5 Å². The van der Waals surface area contributed by atoms with Crippen molar-refractivity contribution in [2.24, 2.45) is 0 Å². The third kappa shape index (κ3) is 4.06. The van der Waals surface area contributed by atoms with Crippen molar-refractivity contribution in [3.8, 4) is 0 Å². The van der Waals surface area contributed by atoms with Crippen LogP contribution in [0.15, 0.2) is 36.4 Å². The molecule has 0 aliphatic heterocycles. The maximum atomic E-state index is 11.4. The van der Waals surface area contributed by atoms with Crippen LogP contribution < -0.4 is 0 Å². The molecule has 1 aromatic rings. The minimum atomic E-state index is 0.122. The molecule has 2 heteroatoms. The first kappa shape index (κ1) is 13.5. The third-order valence-electron chi connectivity index (χ3n) is 2.85. The van der Waals surface area contributed by atoms with Crippen molar-refractivity contribution in [3.63, 3.8) is 0 Å². The van der Waals surface area contributed by atoms with Gasteiger partial charge in [-0.25, -0.2) is 0 Å². The molecule has 0 saturated carbocycles. The summed E-state index contributed by atoms with van der Waals surface area (Å²) in [5.74, 6) is 0.122. The smallest absolute Gasteiger partial charge is 0.219 e. The average molecular weight is 231 g/mol. The Balaban J connectivity index is 2.73. The van der Waals surface area contributed by atoms with Gasteiger partial charge in [0.15, 0.2) is 0 Å². The second-order valence-corrected chi connectivity index (χ2v) is 4.52. The summed E-state index contributed by atoms with van der Waals surface area (Å²) in [6.45, 7) is 8.44. The Kier molecular flexibility index (Phi) is 4.95. The standard InChI is InChI=1S/C15H21NO/c1-12(2)16(14(4)17)11-10-13(3)15-8-6-5-7-9-15/h5-10,12H,11H2,1-4H3/b13-10+. The zero-order valence-corrected chi connectivity index (χ0v) is 11.1. The van der Waals surface area contributed by atoms with Crippen LogP contribution in [0.25, 0.3) is 5.57 Å². The average Bonchev–Trinajstić information content (AvgIpc) is 2.29. The lowest BCUT2D eigenvalue weighted by Crippen LogP contribution is -2.35. The van der Waals surface area contributed by atoms with Crippen LogP contribution in [-0.4, -0.2) is 23.4 Å². The Bertz CT molecular complexity index is 393. The second-order valence-electron chi connectivity index (χ2n) is 4.52. The lowest BCUT2D eigenvalue weighted by atomic mass is 10.1. The van der Waals surface area contributed by atoms with Gasteiger partial charge in [-0.1, -0.05) is 36.4 Å². The highest BCUT2D eigenvalue weighted by molar-refractivity contribution is 5.74. The minimum Gasteiger partial charge on any atom is -0.337 e. The van der Waals surface area contributed by atoms with Crippen molar-refractivity contribution in [1.82, 2.24) is 4.90 Å². The molecule has 1 rings (SSSR count). The largest absolute Gasteiger partial charge is 0.337 e. The van der Waals surface area contributed by atoms with E-state index in [1.807, 2.05) is 36.9 Å². The summed E-state index contributed by atoms with van der Waals surface area (Å²) in [7, 11) is 0. The van der Waals surface area contributed by atoms with Crippen molar-refractivity contribution in [3.05, 3.63) is 42.0 Å². The normalized spacial score (nSPS) is 11.7. The first-order chi connectivity index (χ1) is 8.02. The zero-order chi connectivity index (χ0) is 12.8. The molecule has 0 spiro atoms. The maximum Gasteiger partial charge on any atom is 0.219 e. The quantitative estimate of drug-likeness (QED) is 0.778. The molecule has 1 amide bonds. The molecule has 17 heavy (non-hydrogen) atoms. The Labute approximate surface area is 104 Å². The monoisotopic (exact) mass is 231 g/mol. The maximum absolute atomic E-state index is 11.4. The van der Waals surface area contributed by atoms with Crippen LogP contribution in [0.5, 0.6) is 0 Å². The summed E-state index contributed by atoms with van der Waals surface area (Å²) < 4.78 is 0. The van der Waals surface area contributed by atoms with Crippen LogP contribution in [0, 0.1) is 0 Å². The Morgan fingerprint density at radius 1 is 1.24 bits per heavy atom. The molecule has 0 atom stereocenters. The van der Waals surface area contributed by atoms with E-state index in [0.717, 1.165) is 0 Å². The summed E-state index contributed by atoms with van der Waals surface area (Å²) in [4.78, 5) is 13.3. The lowest BCUT2D eigenvalue weighted by molar-refractivity contribution is -0.129. The minimum absolute atomic E-state index is 0.122. The number of benzene rings is 1. The fourth-order valence-electron chi connectivity index (χ4n) is 1.76. The van der Waals surface area contributed by atoms with Crippen LogP contribution in [0.1, 0.15) is 33.3 Å². The van der Waals surface area contributed by atoms with Gasteiger partial charge in [-0.3, -0.25) is 4.79 Å². The summed E-state index contributed by atoms with van der Waals surface area (Å²) in [5, 5.41) is 0. The predicted octanol–water partition coefficient (Wildman–Crippen LogP) is 3.35. The van der Waals surface area contributed by atoms with E-state index in [0.29, 0.717) is 6.54 Å². The number of hydrogen-bond acceptors (Lipinski definition) is 1. The Morgan fingerprint density at radius 3 is 2.29 bits per heavy atom. The van der Waals surface area contributed by atoms with E-state index in [1.54, 1.807) is 6.92 Å².